The summed E-state index contributed by atoms with van der Waals surface area (Å²) in [7, 11) is 10.9. The van der Waals surface area contributed by atoms with Crippen LogP contribution in [0.15, 0.2) is 24.3 Å². The molecule has 13 nitrogen and oxygen atoms in total. The number of methoxy groups -OCH3 is 2. The maximum absolute atomic E-state index is 13.8. The molecule has 13 heteroatoms. The van der Waals surface area contributed by atoms with Crippen LogP contribution in [0.4, 0.5) is 5.69 Å². The molecule has 0 spiro atoms. The molecule has 8 unspecified atom stereocenters. The van der Waals surface area contributed by atoms with Crippen molar-refractivity contribution in [1.82, 2.24) is 25.3 Å². The van der Waals surface area contributed by atoms with Crippen LogP contribution in [0.1, 0.15) is 107 Å². The van der Waals surface area contributed by atoms with E-state index in [-0.39, 0.29) is 61.3 Å². The summed E-state index contributed by atoms with van der Waals surface area (Å²) in [5, 5.41) is 8.60. The van der Waals surface area contributed by atoms with Crippen LogP contribution < -0.4 is 21.7 Å². The largest absolute Gasteiger partial charge is 0.388 e. The number of amides is 4. The SMILES string of the molecule is CC.CC(C)C(C)N(C)C.CCC.CCC(C)C(C(CC(=O)N1CCCC1C(OC)C(C)C(=O)NC(CN)Cc1ccc(NC)cc1)OC)N(C)C(=O)CNC=O. The highest BCUT2D eigenvalue weighted by molar-refractivity contribution is 5.81. The molecule has 5 N–H and O–H groups in total. The van der Waals surface area contributed by atoms with Crippen molar-refractivity contribution < 1.29 is 28.7 Å². The number of nitrogens with two attached hydrogens (primary N) is 1. The van der Waals surface area contributed by atoms with Gasteiger partial charge in [-0.15, -0.1) is 0 Å². The molecule has 1 fully saturated rings. The highest BCUT2D eigenvalue weighted by Crippen LogP contribution is 2.29. The van der Waals surface area contributed by atoms with Gasteiger partial charge in [0.25, 0.3) is 0 Å². The molecule has 4 amide bonds. The van der Waals surface area contributed by atoms with Crippen LogP contribution in [0.3, 0.4) is 0 Å². The molecule has 1 heterocycles. The molecule has 0 radical (unpaired) electrons. The molecule has 1 aliphatic rings. The van der Waals surface area contributed by atoms with Crippen LogP contribution in [-0.4, -0.2) is 137 Å². The normalized spacial score (nSPS) is 17.1. The van der Waals surface area contributed by atoms with Crippen molar-refractivity contribution in [3.05, 3.63) is 29.8 Å². The number of likely N-dealkylation sites (tertiary alicyclic amines) is 1. The summed E-state index contributed by atoms with van der Waals surface area (Å²) in [4.78, 5) is 56.3. The van der Waals surface area contributed by atoms with Gasteiger partial charge in [-0.1, -0.05) is 87.3 Å². The summed E-state index contributed by atoms with van der Waals surface area (Å²) in [5.74, 6) is -0.266. The Hall–Kier alpha value is -3.26. The summed E-state index contributed by atoms with van der Waals surface area (Å²) < 4.78 is 11.7. The minimum absolute atomic E-state index is 0.0412. The fourth-order valence-corrected chi connectivity index (χ4v) is 6.79. The Labute approximate surface area is 347 Å². The lowest BCUT2D eigenvalue weighted by atomic mass is 9.90. The molecule has 0 aromatic heterocycles. The second kappa shape index (κ2) is 31.7. The second-order valence-electron chi connectivity index (χ2n) is 15.4. The average molecular weight is 808 g/mol. The van der Waals surface area contributed by atoms with Gasteiger partial charge in [-0.3, -0.25) is 19.2 Å². The van der Waals surface area contributed by atoms with Crippen LogP contribution in [0.2, 0.25) is 0 Å². The Morgan fingerprint density at radius 1 is 0.982 bits per heavy atom. The van der Waals surface area contributed by atoms with Gasteiger partial charge in [0.1, 0.15) is 0 Å². The Kier molecular flexibility index (Phi) is 31.1. The standard InChI is InChI=1S/C32H54N6O6.C7H17N.C3H8.C2H6/c1-8-21(2)30(37(5)29(41)19-35-20-39)27(43-6)17-28(40)38-15-9-10-26(38)31(44-7)22(3)32(42)36-25(18-33)16-23-11-13-24(34-4)14-12-23;1-6(2)7(3)8(4)5;1-3-2;1-2/h11-14,20-22,25-27,30-31,34H,8-10,15-19,33H2,1-7H3,(H,35,39)(H,36,42);6-7H,1-5H3;3H2,1-2H3;1-2H3. The fraction of sp³-hybridized carbons (Fsp3) is 0.773. The van der Waals surface area contributed by atoms with Gasteiger partial charge in [0.05, 0.1) is 43.2 Å². The van der Waals surface area contributed by atoms with E-state index in [1.165, 1.54) is 6.42 Å². The first kappa shape index (κ1) is 55.8. The first-order valence-corrected chi connectivity index (χ1v) is 21.2. The number of nitrogens with one attached hydrogen (secondary N) is 3. The van der Waals surface area contributed by atoms with Gasteiger partial charge in [0, 0.05) is 59.2 Å². The van der Waals surface area contributed by atoms with Gasteiger partial charge >= 0.3 is 0 Å². The van der Waals surface area contributed by atoms with Gasteiger partial charge in [0.2, 0.25) is 24.1 Å². The predicted molar refractivity (Wildman–Crippen MR) is 236 cm³/mol. The summed E-state index contributed by atoms with van der Waals surface area (Å²) in [6.45, 7) is 21.5. The molecule has 8 atom stereocenters. The van der Waals surface area contributed by atoms with E-state index in [0.29, 0.717) is 31.8 Å². The molecule has 1 aromatic rings. The van der Waals surface area contributed by atoms with Gasteiger partial charge in [-0.2, -0.15) is 0 Å². The van der Waals surface area contributed by atoms with E-state index in [1.807, 2.05) is 65.9 Å². The van der Waals surface area contributed by atoms with Gasteiger partial charge in [0.15, 0.2) is 0 Å². The number of likely N-dealkylation sites (N-methyl/N-ethyl adjacent to an activating group) is 1. The molecule has 0 bridgehead atoms. The third kappa shape index (κ3) is 19.8. The number of nitrogens with zero attached hydrogens (tertiary/aromatic N) is 3. The van der Waals surface area contributed by atoms with Crippen molar-refractivity contribution in [2.45, 2.75) is 144 Å². The van der Waals surface area contributed by atoms with E-state index in [4.69, 9.17) is 15.2 Å². The van der Waals surface area contributed by atoms with Crippen molar-refractivity contribution >= 4 is 29.8 Å². The molecule has 0 aliphatic carbocycles. The van der Waals surface area contributed by atoms with Gasteiger partial charge < -0.3 is 45.9 Å². The summed E-state index contributed by atoms with van der Waals surface area (Å²) in [6.07, 6.45) is 3.61. The van der Waals surface area contributed by atoms with Gasteiger partial charge in [-0.05, 0) is 69.8 Å². The Morgan fingerprint density at radius 3 is 1.98 bits per heavy atom. The molecule has 1 aromatic carbocycles. The van der Waals surface area contributed by atoms with E-state index in [9.17, 15) is 19.2 Å². The topological polar surface area (TPSA) is 159 Å². The molecular formula is C44H85N7O6. The molecule has 2 rings (SSSR count). The molecule has 1 aliphatic heterocycles. The van der Waals surface area contributed by atoms with Gasteiger partial charge in [-0.25, -0.2) is 0 Å². The number of hydrogen-bond acceptors (Lipinski definition) is 9. The third-order valence-corrected chi connectivity index (χ3v) is 10.8. The van der Waals surface area contributed by atoms with Crippen molar-refractivity contribution in [2.75, 3.05) is 67.4 Å². The van der Waals surface area contributed by atoms with Crippen LogP contribution in [0, 0.1) is 17.8 Å². The zero-order chi connectivity index (χ0) is 44.2. The quantitative estimate of drug-likeness (QED) is 0.119. The number of ether oxygens (including phenoxy) is 2. The molecule has 332 valence electrons. The minimum Gasteiger partial charge on any atom is -0.388 e. The van der Waals surface area contributed by atoms with E-state index >= 15 is 0 Å². The Balaban J connectivity index is 0. The van der Waals surface area contributed by atoms with Crippen LogP contribution in [-0.2, 0) is 35.1 Å². The minimum atomic E-state index is -0.557. The lowest BCUT2D eigenvalue weighted by Gasteiger charge is -2.39. The van der Waals surface area contributed by atoms with Crippen LogP contribution >= 0.6 is 0 Å². The fourth-order valence-electron chi connectivity index (χ4n) is 6.79. The summed E-state index contributed by atoms with van der Waals surface area (Å²) in [5.41, 5.74) is 8.11. The monoisotopic (exact) mass is 808 g/mol. The van der Waals surface area contributed by atoms with E-state index in [1.54, 1.807) is 31.1 Å². The summed E-state index contributed by atoms with van der Waals surface area (Å²) in [6, 6.07) is 7.80. The average Bonchev–Trinajstić information content (AvgIpc) is 3.70. The first-order valence-electron chi connectivity index (χ1n) is 21.2. The second-order valence-corrected chi connectivity index (χ2v) is 15.4. The summed E-state index contributed by atoms with van der Waals surface area (Å²) >= 11 is 0. The predicted octanol–water partition coefficient (Wildman–Crippen LogP) is 5.42. The number of hydrogen-bond donors (Lipinski definition) is 4. The van der Waals surface area contributed by atoms with Crippen molar-refractivity contribution in [2.24, 2.45) is 23.5 Å². The van der Waals surface area contributed by atoms with Crippen molar-refractivity contribution in [1.29, 1.82) is 0 Å². The van der Waals surface area contributed by atoms with Crippen molar-refractivity contribution in [3.63, 3.8) is 0 Å². The number of anilines is 1. The zero-order valence-electron chi connectivity index (χ0n) is 38.8. The van der Waals surface area contributed by atoms with E-state index < -0.39 is 18.1 Å². The zero-order valence-corrected chi connectivity index (χ0v) is 38.8. The Morgan fingerprint density at radius 2 is 1.56 bits per heavy atom. The highest BCUT2D eigenvalue weighted by Gasteiger charge is 2.42. The maximum atomic E-state index is 13.8. The van der Waals surface area contributed by atoms with Crippen LogP contribution in [0.25, 0.3) is 0 Å². The van der Waals surface area contributed by atoms with E-state index in [2.05, 4.69) is 69.6 Å². The lowest BCUT2D eigenvalue weighted by molar-refractivity contribution is -0.145. The van der Waals surface area contributed by atoms with Crippen molar-refractivity contribution in [3.8, 4) is 0 Å². The van der Waals surface area contributed by atoms with Crippen LogP contribution in [0.5, 0.6) is 0 Å². The number of carbonyl (C=O) groups is 4. The number of rotatable bonds is 21. The molecule has 1 saturated heterocycles. The number of carbonyl (C=O) groups excluding carboxylic acids is 4. The maximum Gasteiger partial charge on any atom is 0.242 e. The molecule has 0 saturated carbocycles. The lowest BCUT2D eigenvalue weighted by Crippen LogP contribution is -2.54. The molecule has 57 heavy (non-hydrogen) atoms. The molecular weight excluding hydrogens is 723 g/mol. The number of benzene rings is 1. The smallest absolute Gasteiger partial charge is 0.242 e. The van der Waals surface area contributed by atoms with E-state index in [0.717, 1.165) is 30.0 Å². The Bertz CT molecular complexity index is 1210. The third-order valence-electron chi connectivity index (χ3n) is 10.8. The first-order chi connectivity index (χ1) is 27.0. The highest BCUT2D eigenvalue weighted by atomic mass is 16.5.